The molecule has 1 fully saturated rings. The number of hydrogen-bond acceptors (Lipinski definition) is 7. The Balaban J connectivity index is 1.73. The fraction of sp³-hybridized carbons (Fsp3) is 0.560. The molecule has 198 valence electrons. The minimum atomic E-state index is -3.91. The molecule has 0 aliphatic carbocycles. The number of rotatable bonds is 8. The number of halogens is 1. The summed E-state index contributed by atoms with van der Waals surface area (Å²) >= 11 is 3.41. The summed E-state index contributed by atoms with van der Waals surface area (Å²) in [6.45, 7) is 10.4. The van der Waals surface area contributed by atoms with Crippen LogP contribution in [0.15, 0.2) is 46.0 Å². The summed E-state index contributed by atoms with van der Waals surface area (Å²) in [4.78, 5) is 23.3. The van der Waals surface area contributed by atoms with Crippen molar-refractivity contribution in [1.82, 2.24) is 14.9 Å². The van der Waals surface area contributed by atoms with Gasteiger partial charge in [-0.05, 0) is 100.0 Å². The van der Waals surface area contributed by atoms with Crippen LogP contribution in [-0.2, 0) is 21.2 Å². The number of sulfonamides is 1. The lowest BCUT2D eigenvalue weighted by Crippen LogP contribution is -2.45. The van der Waals surface area contributed by atoms with Gasteiger partial charge >= 0.3 is 6.09 Å². The number of primary sulfonamides is 1. The number of pyridine rings is 2. The van der Waals surface area contributed by atoms with Crippen molar-refractivity contribution in [3.8, 4) is 0 Å². The van der Waals surface area contributed by atoms with E-state index in [9.17, 15) is 13.2 Å². The quantitative estimate of drug-likeness (QED) is 0.461. The maximum Gasteiger partial charge on any atom is 0.410 e. The molecule has 2 aromatic heterocycles. The average Bonchev–Trinajstić information content (AvgIpc) is 3.06. The topological polar surface area (TPSA) is 128 Å². The Morgan fingerprint density at radius 2 is 2.03 bits per heavy atom. The van der Waals surface area contributed by atoms with Crippen LogP contribution >= 0.6 is 15.9 Å². The molecule has 1 aliphatic rings. The summed E-state index contributed by atoms with van der Waals surface area (Å²) in [7, 11) is -3.91. The van der Waals surface area contributed by atoms with Crippen molar-refractivity contribution in [3.05, 3.63) is 46.7 Å². The number of nitrogens with one attached hydrogen (secondary N) is 1. The monoisotopic (exact) mass is 581 g/mol. The molecule has 9 nitrogen and oxygen atoms in total. The van der Waals surface area contributed by atoms with E-state index in [1.165, 1.54) is 6.07 Å². The van der Waals surface area contributed by atoms with Crippen molar-refractivity contribution in [2.24, 2.45) is 11.1 Å². The second-order valence-electron chi connectivity index (χ2n) is 11.0. The predicted octanol–water partition coefficient (Wildman–Crippen LogP) is 4.73. The van der Waals surface area contributed by atoms with E-state index >= 15 is 0 Å². The molecule has 3 N–H and O–H groups in total. The molecule has 2 atom stereocenters. The molecule has 1 saturated heterocycles. The fourth-order valence-electron chi connectivity index (χ4n) is 4.52. The zero-order valence-electron chi connectivity index (χ0n) is 21.5. The molecule has 36 heavy (non-hydrogen) atoms. The molecule has 0 aromatic carbocycles. The molecule has 3 rings (SSSR count). The summed E-state index contributed by atoms with van der Waals surface area (Å²) in [6.07, 6.45) is 4.61. The number of nitrogens with two attached hydrogens (primary N) is 1. The van der Waals surface area contributed by atoms with Gasteiger partial charge in [0.15, 0.2) is 5.03 Å². The summed E-state index contributed by atoms with van der Waals surface area (Å²) in [5.74, 6) is 0.740. The summed E-state index contributed by atoms with van der Waals surface area (Å²) < 4.78 is 30.0. The van der Waals surface area contributed by atoms with E-state index in [0.717, 1.165) is 29.4 Å². The van der Waals surface area contributed by atoms with Crippen LogP contribution in [0.2, 0.25) is 0 Å². The van der Waals surface area contributed by atoms with Crippen molar-refractivity contribution in [1.29, 1.82) is 0 Å². The Hall–Kier alpha value is -2.24. The molecular formula is C25H36BrN5O4S. The van der Waals surface area contributed by atoms with E-state index in [2.05, 4.69) is 45.1 Å². The Bertz CT molecular complexity index is 1170. The zero-order valence-corrected chi connectivity index (χ0v) is 23.9. The van der Waals surface area contributed by atoms with E-state index in [4.69, 9.17) is 9.88 Å². The fourth-order valence-corrected chi connectivity index (χ4v) is 5.25. The van der Waals surface area contributed by atoms with Gasteiger partial charge in [-0.2, -0.15) is 0 Å². The van der Waals surface area contributed by atoms with Crippen LogP contribution in [0.3, 0.4) is 0 Å². The van der Waals surface area contributed by atoms with Crippen LogP contribution in [-0.4, -0.2) is 53.1 Å². The van der Waals surface area contributed by atoms with Gasteiger partial charge in [-0.1, -0.05) is 6.07 Å². The van der Waals surface area contributed by atoms with Gasteiger partial charge in [-0.15, -0.1) is 0 Å². The normalized spacial score (nSPS) is 18.6. The highest BCUT2D eigenvalue weighted by molar-refractivity contribution is 9.10. The molecule has 1 unspecified atom stereocenters. The molecule has 0 saturated carbocycles. The zero-order chi connectivity index (χ0) is 26.7. The lowest BCUT2D eigenvalue weighted by Gasteiger charge is -2.33. The van der Waals surface area contributed by atoms with E-state index in [1.807, 2.05) is 37.8 Å². The lowest BCUT2D eigenvalue weighted by molar-refractivity contribution is 0.0131. The third-order valence-electron chi connectivity index (χ3n) is 6.11. The molecule has 1 aliphatic heterocycles. The molecule has 11 heteroatoms. The molecular weight excluding hydrogens is 546 g/mol. The first kappa shape index (κ1) is 28.3. The Kier molecular flexibility index (Phi) is 8.67. The Morgan fingerprint density at radius 1 is 1.31 bits per heavy atom. The second-order valence-corrected chi connectivity index (χ2v) is 13.4. The number of likely N-dealkylation sites (tertiary alicyclic amines) is 1. The van der Waals surface area contributed by atoms with Crippen molar-refractivity contribution in [2.45, 2.75) is 82.5 Å². The van der Waals surface area contributed by atoms with Crippen molar-refractivity contribution in [3.63, 3.8) is 0 Å². The van der Waals surface area contributed by atoms with Gasteiger partial charge in [0, 0.05) is 40.9 Å². The largest absolute Gasteiger partial charge is 0.444 e. The van der Waals surface area contributed by atoms with Gasteiger partial charge < -0.3 is 15.0 Å². The smallest absolute Gasteiger partial charge is 0.410 e. The average molecular weight is 583 g/mol. The van der Waals surface area contributed by atoms with E-state index in [1.54, 1.807) is 18.3 Å². The highest BCUT2D eigenvalue weighted by Crippen LogP contribution is 2.36. The highest BCUT2D eigenvalue weighted by atomic mass is 79.9. The first-order valence-corrected chi connectivity index (χ1v) is 14.3. The maximum atomic E-state index is 12.8. The number of anilines is 1. The van der Waals surface area contributed by atoms with Gasteiger partial charge in [0.1, 0.15) is 11.4 Å². The van der Waals surface area contributed by atoms with E-state index < -0.39 is 15.6 Å². The second kappa shape index (κ2) is 11.0. The van der Waals surface area contributed by atoms with Crippen LogP contribution in [0.4, 0.5) is 10.6 Å². The Labute approximate surface area is 222 Å². The first-order chi connectivity index (χ1) is 16.6. The predicted molar refractivity (Wildman–Crippen MR) is 143 cm³/mol. The number of ether oxygens (including phenoxy) is 1. The SMILES string of the molecule is CC(C)(C)OC(=O)N1C[C@@H](CCC(Cc2ccc(Br)cn2)Nc2cccc(S(N)(=O)=O)n2)CC1(C)C. The van der Waals surface area contributed by atoms with Crippen molar-refractivity contribution < 1.29 is 17.9 Å². The number of amides is 1. The molecule has 1 amide bonds. The maximum absolute atomic E-state index is 12.8. The summed E-state index contributed by atoms with van der Waals surface area (Å²) in [6, 6.07) is 8.55. The van der Waals surface area contributed by atoms with E-state index in [-0.39, 0.29) is 22.7 Å². The van der Waals surface area contributed by atoms with Gasteiger partial charge in [0.25, 0.3) is 10.0 Å². The van der Waals surface area contributed by atoms with Gasteiger partial charge in [0.05, 0.1) is 0 Å². The van der Waals surface area contributed by atoms with Crippen molar-refractivity contribution >= 4 is 37.9 Å². The van der Waals surface area contributed by atoms with Crippen LogP contribution in [0, 0.1) is 5.92 Å². The number of nitrogens with zero attached hydrogens (tertiary/aromatic N) is 3. The lowest BCUT2D eigenvalue weighted by atomic mass is 9.91. The van der Waals surface area contributed by atoms with Crippen LogP contribution in [0.1, 0.15) is 59.6 Å². The molecule has 0 radical (unpaired) electrons. The first-order valence-electron chi connectivity index (χ1n) is 12.0. The number of hydrogen-bond donors (Lipinski definition) is 2. The van der Waals surface area contributed by atoms with Crippen LogP contribution in [0.25, 0.3) is 0 Å². The van der Waals surface area contributed by atoms with Gasteiger partial charge in [-0.25, -0.2) is 23.3 Å². The minimum Gasteiger partial charge on any atom is -0.444 e. The minimum absolute atomic E-state index is 0.0550. The standard InChI is InChI=1S/C25H36BrN5O4S/c1-24(2,3)35-23(32)31-16-17(14-25(31,4)5)9-11-20(13-19-12-10-18(26)15-28-19)29-21-7-6-8-22(30-21)36(27,33)34/h6-8,10,12,15,17,20H,9,11,13-14,16H2,1-5H3,(H,29,30)(H2,27,33,34)/t17-,20?/m0/s1. The van der Waals surface area contributed by atoms with Crippen molar-refractivity contribution in [2.75, 3.05) is 11.9 Å². The molecule has 2 aromatic rings. The highest BCUT2D eigenvalue weighted by Gasteiger charge is 2.42. The Morgan fingerprint density at radius 3 is 2.64 bits per heavy atom. The van der Waals surface area contributed by atoms with Crippen LogP contribution < -0.4 is 10.5 Å². The third kappa shape index (κ3) is 8.14. The van der Waals surface area contributed by atoms with E-state index in [0.29, 0.717) is 24.7 Å². The number of carbonyl (C=O) groups is 1. The molecule has 0 spiro atoms. The molecule has 0 bridgehead atoms. The molecule has 3 heterocycles. The number of carbonyl (C=O) groups excluding carboxylic acids is 1. The third-order valence-corrected chi connectivity index (χ3v) is 7.39. The number of aromatic nitrogens is 2. The summed E-state index contributed by atoms with van der Waals surface area (Å²) in [5, 5.41) is 8.46. The summed E-state index contributed by atoms with van der Waals surface area (Å²) in [5.41, 5.74) is 0.0610. The van der Waals surface area contributed by atoms with Crippen LogP contribution in [0.5, 0.6) is 0 Å². The van der Waals surface area contributed by atoms with Gasteiger partial charge in [-0.3, -0.25) is 4.98 Å². The van der Waals surface area contributed by atoms with Gasteiger partial charge in [0.2, 0.25) is 0 Å².